The second-order valence-corrected chi connectivity index (χ2v) is 18.3. The lowest BCUT2D eigenvalue weighted by Gasteiger charge is -2.36. The summed E-state index contributed by atoms with van der Waals surface area (Å²) in [7, 11) is 2.61. The van der Waals surface area contributed by atoms with E-state index in [1.165, 1.54) is 14.2 Å². The quantitative estimate of drug-likeness (QED) is 0.112. The number of benzene rings is 5. The van der Waals surface area contributed by atoms with Crippen LogP contribution in [0.15, 0.2) is 91.0 Å². The first-order valence-corrected chi connectivity index (χ1v) is 22.3. The number of alkyl carbamates (subject to hydrolysis) is 2. The number of H-pyrrole nitrogens is 2. The van der Waals surface area contributed by atoms with E-state index >= 15 is 0 Å². The van der Waals surface area contributed by atoms with E-state index in [2.05, 4.69) is 69.1 Å². The minimum Gasteiger partial charge on any atom is -0.453 e. The number of imidazole rings is 2. The number of hydrogen-bond acceptors (Lipinski definition) is 8. The minimum atomic E-state index is -0.885. The van der Waals surface area contributed by atoms with Gasteiger partial charge in [-0.2, -0.15) is 0 Å². The van der Waals surface area contributed by atoms with Gasteiger partial charge in [-0.15, -0.1) is 0 Å². The first-order valence-electron chi connectivity index (χ1n) is 22.3. The molecular formula is C50H50N8O6. The van der Waals surface area contributed by atoms with Crippen molar-refractivity contribution in [3.8, 4) is 11.1 Å². The van der Waals surface area contributed by atoms with Gasteiger partial charge in [0, 0.05) is 22.9 Å². The number of carbonyl (C=O) groups is 4. The fourth-order valence-electron chi connectivity index (χ4n) is 11.1. The van der Waals surface area contributed by atoms with Gasteiger partial charge in [0.2, 0.25) is 5.91 Å². The Balaban J connectivity index is 0.874. The average Bonchev–Trinajstić information content (AvgIpc) is 3.91. The van der Waals surface area contributed by atoms with Crippen LogP contribution >= 0.6 is 0 Å². The predicted octanol–water partition coefficient (Wildman–Crippen LogP) is 8.60. The van der Waals surface area contributed by atoms with Crippen molar-refractivity contribution in [2.24, 2.45) is 17.8 Å². The molecule has 5 aromatic carbocycles. The number of hydrogen-bond donors (Lipinski definition) is 4. The van der Waals surface area contributed by atoms with Crippen molar-refractivity contribution in [3.63, 3.8) is 0 Å². The Hall–Kier alpha value is -6.96. The maximum absolute atomic E-state index is 14.5. The van der Waals surface area contributed by atoms with E-state index in [1.54, 1.807) is 0 Å². The van der Waals surface area contributed by atoms with Gasteiger partial charge in [0.1, 0.15) is 23.7 Å². The van der Waals surface area contributed by atoms with Gasteiger partial charge in [0.05, 0.1) is 48.4 Å². The highest BCUT2D eigenvalue weighted by molar-refractivity contribution is 6.07. The number of carbonyl (C=O) groups excluding carboxylic acids is 4. The number of piperidine rings is 2. The third kappa shape index (κ3) is 6.60. The fourth-order valence-corrected chi connectivity index (χ4v) is 11.1. The lowest BCUT2D eigenvalue weighted by Crippen LogP contribution is -2.52. The highest BCUT2D eigenvalue weighted by atomic mass is 16.5. The molecular weight excluding hydrogens is 809 g/mol. The zero-order valence-electron chi connectivity index (χ0n) is 36.1. The molecule has 7 aromatic rings. The molecule has 4 N–H and O–H groups in total. The molecule has 2 saturated carbocycles. The molecule has 64 heavy (non-hydrogen) atoms. The molecule has 0 radical (unpaired) electrons. The van der Waals surface area contributed by atoms with E-state index in [1.807, 2.05) is 66.1 Å². The van der Waals surface area contributed by atoms with E-state index < -0.39 is 24.3 Å². The molecule has 0 spiro atoms. The van der Waals surface area contributed by atoms with Gasteiger partial charge < -0.3 is 39.9 Å². The number of methoxy groups -OCH3 is 2. The van der Waals surface area contributed by atoms with Gasteiger partial charge in [-0.1, -0.05) is 80.6 Å². The van der Waals surface area contributed by atoms with Crippen LogP contribution < -0.4 is 10.6 Å². The highest BCUT2D eigenvalue weighted by Crippen LogP contribution is 2.54. The summed E-state index contributed by atoms with van der Waals surface area (Å²) in [6, 6.07) is 28.8. The number of aromatic nitrogens is 4. The van der Waals surface area contributed by atoms with Crippen LogP contribution in [-0.2, 0) is 19.1 Å². The number of ether oxygens (including phenoxy) is 2. The van der Waals surface area contributed by atoms with Crippen LogP contribution in [0.4, 0.5) is 9.59 Å². The van der Waals surface area contributed by atoms with Crippen LogP contribution in [0.3, 0.4) is 0 Å². The smallest absolute Gasteiger partial charge is 0.407 e. The molecule has 4 heterocycles. The van der Waals surface area contributed by atoms with Crippen LogP contribution in [0, 0.1) is 17.8 Å². The molecule has 2 saturated heterocycles. The Bertz CT molecular complexity index is 3020. The van der Waals surface area contributed by atoms with Gasteiger partial charge in [0.15, 0.2) is 0 Å². The molecule has 2 aliphatic heterocycles. The number of amides is 4. The van der Waals surface area contributed by atoms with Crippen LogP contribution in [0.5, 0.6) is 0 Å². The van der Waals surface area contributed by atoms with E-state index in [-0.39, 0.29) is 47.8 Å². The van der Waals surface area contributed by atoms with Gasteiger partial charge >= 0.3 is 12.2 Å². The first kappa shape index (κ1) is 39.9. The maximum Gasteiger partial charge on any atom is 0.407 e. The van der Waals surface area contributed by atoms with Crippen molar-refractivity contribution in [2.45, 2.75) is 82.2 Å². The summed E-state index contributed by atoms with van der Waals surface area (Å²) >= 11 is 0. The molecule has 14 nitrogen and oxygen atoms in total. The second-order valence-electron chi connectivity index (χ2n) is 18.3. The first-order chi connectivity index (χ1) is 31.1. The Kier molecular flexibility index (Phi) is 9.58. The van der Waals surface area contributed by atoms with Crippen molar-refractivity contribution in [3.05, 3.63) is 108 Å². The number of aromatic amines is 2. The van der Waals surface area contributed by atoms with Crippen molar-refractivity contribution in [1.29, 1.82) is 0 Å². The van der Waals surface area contributed by atoms with Crippen LogP contribution in [0.2, 0.25) is 0 Å². The van der Waals surface area contributed by atoms with Crippen molar-refractivity contribution >= 4 is 67.6 Å². The Morgan fingerprint density at radius 3 is 1.94 bits per heavy atom. The normalized spacial score (nSPS) is 23.2. The molecule has 2 aliphatic carbocycles. The highest BCUT2D eigenvalue weighted by Gasteiger charge is 2.56. The molecule has 4 fully saturated rings. The SMILES string of the molecule is COC(=O)N[C@H](C(=O)N1[C@@H]2C[C@@H]2C[C@H]1c1nc2ccc3cc(-c4ccc5c(ccc6nc([C@@H]7[C@H]8CC[C@H](C8)N7C(=O)[C@H](NC(=O)OC)c7ccccc7)[nH]c65)c4)ccc3c2[nH]1)C(C)C. The van der Waals surface area contributed by atoms with Gasteiger partial charge in [0.25, 0.3) is 5.91 Å². The molecule has 11 rings (SSSR count). The summed E-state index contributed by atoms with van der Waals surface area (Å²) in [5.41, 5.74) is 6.40. The molecule has 14 heteroatoms. The van der Waals surface area contributed by atoms with E-state index in [4.69, 9.17) is 19.4 Å². The molecule has 4 amide bonds. The summed E-state index contributed by atoms with van der Waals surface area (Å²) < 4.78 is 9.77. The van der Waals surface area contributed by atoms with Crippen molar-refractivity contribution in [2.75, 3.05) is 14.2 Å². The standard InChI is InChI=1S/C50H50N8O6/c1-25(2)40(55-49(61)63-3)47(59)58-38-23-32(38)24-39(58)45-51-36-18-13-29-20-27(11-16-34(29)42(36)53-45)28-12-17-35-30(21-28)14-19-37-43(35)54-46(52-37)44-31-10-15-33(22-31)57(44)48(60)41(56-50(62)64-4)26-8-6-5-7-9-26/h5-9,11-14,16-21,25,31-33,38-41,44H,10,15,22-24H2,1-4H3,(H,51,53)(H,52,54)(H,55,61)(H,56,62)/t31-,32+,33+,38+,39-,40-,41+,44-/m0/s1. The van der Waals surface area contributed by atoms with Gasteiger partial charge in [-0.3, -0.25) is 9.59 Å². The fraction of sp³-hybridized carbons (Fsp3) is 0.360. The topological polar surface area (TPSA) is 175 Å². The lowest BCUT2D eigenvalue weighted by molar-refractivity contribution is -0.138. The second kappa shape index (κ2) is 15.4. The molecule has 4 aliphatic rings. The average molecular weight is 859 g/mol. The number of likely N-dealkylation sites (tertiary alicyclic amines) is 2. The number of rotatable bonds is 9. The maximum atomic E-state index is 14.5. The van der Waals surface area contributed by atoms with Crippen LogP contribution in [-0.4, -0.2) is 86.1 Å². The molecule has 326 valence electrons. The summed E-state index contributed by atoms with van der Waals surface area (Å²) in [5.74, 6) is 1.85. The van der Waals surface area contributed by atoms with E-state index in [0.717, 1.165) is 98.5 Å². The van der Waals surface area contributed by atoms with E-state index in [0.29, 0.717) is 11.5 Å². The minimum absolute atomic E-state index is 0.0636. The summed E-state index contributed by atoms with van der Waals surface area (Å²) in [5, 5.41) is 9.78. The van der Waals surface area contributed by atoms with Crippen LogP contribution in [0.1, 0.15) is 81.3 Å². The Labute approximate surface area is 369 Å². The molecule has 8 atom stereocenters. The molecule has 0 unspecified atom stereocenters. The van der Waals surface area contributed by atoms with Crippen molar-refractivity contribution < 1.29 is 28.7 Å². The Morgan fingerprint density at radius 2 is 1.30 bits per heavy atom. The molecule has 2 aromatic heterocycles. The summed E-state index contributed by atoms with van der Waals surface area (Å²) in [4.78, 5) is 74.4. The summed E-state index contributed by atoms with van der Waals surface area (Å²) in [6.07, 6.45) is 3.36. The van der Waals surface area contributed by atoms with Gasteiger partial charge in [-0.25, -0.2) is 19.6 Å². The number of nitrogens with zero attached hydrogens (tertiary/aromatic N) is 4. The third-order valence-electron chi connectivity index (χ3n) is 14.3. The van der Waals surface area contributed by atoms with E-state index in [9.17, 15) is 19.2 Å². The number of fused-ring (bicyclic) bond motifs is 9. The zero-order chi connectivity index (χ0) is 44.0. The Morgan fingerprint density at radius 1 is 0.672 bits per heavy atom. The monoisotopic (exact) mass is 858 g/mol. The summed E-state index contributed by atoms with van der Waals surface area (Å²) in [6.45, 7) is 3.86. The molecule has 2 bridgehead atoms. The zero-order valence-corrected chi connectivity index (χ0v) is 36.1. The predicted molar refractivity (Wildman–Crippen MR) is 242 cm³/mol. The van der Waals surface area contributed by atoms with Gasteiger partial charge in [-0.05, 0) is 102 Å². The van der Waals surface area contributed by atoms with Crippen LogP contribution in [0.25, 0.3) is 54.7 Å². The largest absolute Gasteiger partial charge is 0.453 e. The number of nitrogens with one attached hydrogen (secondary N) is 4. The van der Waals surface area contributed by atoms with Crippen molar-refractivity contribution in [1.82, 2.24) is 40.4 Å². The lowest BCUT2D eigenvalue weighted by atomic mass is 9.96. The third-order valence-corrected chi connectivity index (χ3v) is 14.3.